The molecule has 0 bridgehead atoms. The van der Waals surface area contributed by atoms with Gasteiger partial charge in [-0.2, -0.15) is 10.2 Å². The first-order valence-electron chi connectivity index (χ1n) is 10.1. The predicted molar refractivity (Wildman–Crippen MR) is 131 cm³/mol. The second-order valence-corrected chi connectivity index (χ2v) is 8.08. The molecule has 0 spiro atoms. The molecule has 1 N–H and O–H groups in total. The van der Waals surface area contributed by atoms with Crippen molar-refractivity contribution in [1.29, 1.82) is 0 Å². The van der Waals surface area contributed by atoms with Crippen LogP contribution in [-0.2, 0) is 6.54 Å². The van der Waals surface area contributed by atoms with Gasteiger partial charge in [0.15, 0.2) is 0 Å². The third-order valence-corrected chi connectivity index (χ3v) is 5.48. The number of amides is 1. The van der Waals surface area contributed by atoms with E-state index in [9.17, 15) is 14.9 Å². The molecular formula is C24H17Cl2N5O3. The number of rotatable bonds is 7. The van der Waals surface area contributed by atoms with E-state index < -0.39 is 10.8 Å². The van der Waals surface area contributed by atoms with E-state index >= 15 is 0 Å². The van der Waals surface area contributed by atoms with Crippen LogP contribution in [0.25, 0.3) is 11.3 Å². The number of hydrogen-bond acceptors (Lipinski definition) is 5. The first-order chi connectivity index (χ1) is 16.4. The summed E-state index contributed by atoms with van der Waals surface area (Å²) in [5.41, 5.74) is 5.68. The smallest absolute Gasteiger partial charge is 0.267 e. The first kappa shape index (κ1) is 23.2. The molecular weight excluding hydrogens is 477 g/mol. The van der Waals surface area contributed by atoms with Crippen LogP contribution >= 0.6 is 23.2 Å². The number of nitro benzene ring substituents is 1. The van der Waals surface area contributed by atoms with Gasteiger partial charge in [0.1, 0.15) is 5.69 Å². The number of aromatic nitrogens is 2. The Morgan fingerprint density at radius 3 is 2.50 bits per heavy atom. The molecule has 0 saturated heterocycles. The zero-order valence-electron chi connectivity index (χ0n) is 17.6. The van der Waals surface area contributed by atoms with Gasteiger partial charge in [-0.25, -0.2) is 5.43 Å². The fraction of sp³-hybridized carbons (Fsp3) is 0.0417. The Morgan fingerprint density at radius 1 is 1.09 bits per heavy atom. The second-order valence-electron chi connectivity index (χ2n) is 7.24. The lowest BCUT2D eigenvalue weighted by molar-refractivity contribution is -0.384. The molecule has 8 nitrogen and oxygen atoms in total. The number of benzene rings is 3. The molecule has 0 aliphatic heterocycles. The van der Waals surface area contributed by atoms with Gasteiger partial charge in [-0.15, -0.1) is 0 Å². The number of non-ortho nitro benzene ring substituents is 1. The van der Waals surface area contributed by atoms with Crippen LogP contribution in [0, 0.1) is 10.1 Å². The van der Waals surface area contributed by atoms with Crippen LogP contribution in [0.5, 0.6) is 0 Å². The van der Waals surface area contributed by atoms with E-state index in [1.165, 1.54) is 30.5 Å². The minimum Gasteiger partial charge on any atom is -0.267 e. The second kappa shape index (κ2) is 10.3. The molecule has 1 amide bonds. The van der Waals surface area contributed by atoms with Crippen molar-refractivity contribution < 1.29 is 9.72 Å². The SMILES string of the molecule is O=C(N/N=C/c1cn(Cc2ccc(Cl)cc2Cl)nc1-c1ccccc1)c1ccc([N+](=O)[O-])cc1. The van der Waals surface area contributed by atoms with Gasteiger partial charge < -0.3 is 0 Å². The maximum absolute atomic E-state index is 12.3. The average molecular weight is 494 g/mol. The molecule has 1 heterocycles. The summed E-state index contributed by atoms with van der Waals surface area (Å²) in [6.07, 6.45) is 3.30. The highest BCUT2D eigenvalue weighted by atomic mass is 35.5. The Hall–Kier alpha value is -4.01. The molecule has 10 heteroatoms. The topological polar surface area (TPSA) is 102 Å². The van der Waals surface area contributed by atoms with E-state index in [2.05, 4.69) is 15.6 Å². The van der Waals surface area contributed by atoms with Gasteiger partial charge in [0.25, 0.3) is 11.6 Å². The lowest BCUT2D eigenvalue weighted by Crippen LogP contribution is -2.17. The minimum absolute atomic E-state index is 0.0965. The molecule has 4 rings (SSSR count). The van der Waals surface area contributed by atoms with Crippen LogP contribution in [-0.4, -0.2) is 26.8 Å². The van der Waals surface area contributed by atoms with E-state index in [0.717, 1.165) is 11.1 Å². The molecule has 0 aliphatic carbocycles. The van der Waals surface area contributed by atoms with Gasteiger partial charge in [-0.1, -0.05) is 59.6 Å². The zero-order chi connectivity index (χ0) is 24.1. The highest BCUT2D eigenvalue weighted by Gasteiger charge is 2.12. The van der Waals surface area contributed by atoms with Crippen molar-refractivity contribution in [3.8, 4) is 11.3 Å². The van der Waals surface area contributed by atoms with E-state index in [0.29, 0.717) is 27.8 Å². The fourth-order valence-corrected chi connectivity index (χ4v) is 3.68. The molecule has 0 atom stereocenters. The molecule has 0 saturated carbocycles. The number of carbonyl (C=O) groups is 1. The van der Waals surface area contributed by atoms with Crippen molar-refractivity contribution in [1.82, 2.24) is 15.2 Å². The van der Waals surface area contributed by atoms with Crippen LogP contribution in [0.3, 0.4) is 0 Å². The Morgan fingerprint density at radius 2 is 1.82 bits per heavy atom. The third-order valence-electron chi connectivity index (χ3n) is 4.89. The van der Waals surface area contributed by atoms with Crippen molar-refractivity contribution in [3.05, 3.63) is 116 Å². The lowest BCUT2D eigenvalue weighted by Gasteiger charge is -2.05. The summed E-state index contributed by atoms with van der Waals surface area (Å²) in [5, 5.41) is 20.6. The van der Waals surface area contributed by atoms with Crippen molar-refractivity contribution in [2.45, 2.75) is 6.54 Å². The number of nitrogens with zero attached hydrogens (tertiary/aromatic N) is 4. The Kier molecular flexibility index (Phi) is 7.01. The average Bonchev–Trinajstić information content (AvgIpc) is 3.24. The minimum atomic E-state index is -0.528. The summed E-state index contributed by atoms with van der Waals surface area (Å²) in [7, 11) is 0. The molecule has 3 aromatic carbocycles. The highest BCUT2D eigenvalue weighted by molar-refractivity contribution is 6.35. The number of carbonyl (C=O) groups excluding carboxylic acids is 1. The molecule has 1 aromatic heterocycles. The van der Waals surface area contributed by atoms with Crippen molar-refractivity contribution in [2.24, 2.45) is 5.10 Å². The summed E-state index contributed by atoms with van der Waals surface area (Å²) >= 11 is 12.3. The summed E-state index contributed by atoms with van der Waals surface area (Å²) in [4.78, 5) is 22.6. The highest BCUT2D eigenvalue weighted by Crippen LogP contribution is 2.24. The molecule has 0 fully saturated rings. The first-order valence-corrected chi connectivity index (χ1v) is 10.8. The van der Waals surface area contributed by atoms with E-state index in [1.54, 1.807) is 23.0 Å². The monoisotopic (exact) mass is 493 g/mol. The maximum Gasteiger partial charge on any atom is 0.271 e. The van der Waals surface area contributed by atoms with E-state index in [1.807, 2.05) is 36.4 Å². The zero-order valence-corrected chi connectivity index (χ0v) is 19.1. The number of hydrogen-bond donors (Lipinski definition) is 1. The van der Waals surface area contributed by atoms with Gasteiger partial charge >= 0.3 is 0 Å². The van der Waals surface area contributed by atoms with Crippen molar-refractivity contribution in [2.75, 3.05) is 0 Å². The number of nitrogens with one attached hydrogen (secondary N) is 1. The van der Waals surface area contributed by atoms with Gasteiger partial charge in [-0.3, -0.25) is 19.6 Å². The van der Waals surface area contributed by atoms with Crippen LogP contribution in [0.4, 0.5) is 5.69 Å². The number of halogens is 2. The van der Waals surface area contributed by atoms with Crippen LogP contribution in [0.15, 0.2) is 84.1 Å². The van der Waals surface area contributed by atoms with Crippen LogP contribution in [0.2, 0.25) is 10.0 Å². The molecule has 4 aromatic rings. The van der Waals surface area contributed by atoms with Gasteiger partial charge in [-0.05, 0) is 29.8 Å². The summed E-state index contributed by atoms with van der Waals surface area (Å²) < 4.78 is 1.73. The normalized spacial score (nSPS) is 11.0. The molecule has 34 heavy (non-hydrogen) atoms. The van der Waals surface area contributed by atoms with Crippen molar-refractivity contribution in [3.63, 3.8) is 0 Å². The van der Waals surface area contributed by atoms with Crippen LogP contribution in [0.1, 0.15) is 21.5 Å². The van der Waals surface area contributed by atoms with Gasteiger partial charge in [0, 0.05) is 45.1 Å². The standard InChI is InChI=1S/C24H17Cl2N5O3/c25-20-9-6-18(22(26)12-20)14-30-15-19(23(29-30)16-4-2-1-3-5-16)13-27-28-24(32)17-7-10-21(11-8-17)31(33)34/h1-13,15H,14H2,(H,28,32)/b27-13+. The largest absolute Gasteiger partial charge is 0.271 e. The molecule has 0 unspecified atom stereocenters. The number of nitro groups is 1. The van der Waals surface area contributed by atoms with Crippen molar-refractivity contribution >= 4 is 41.0 Å². The van der Waals surface area contributed by atoms with Gasteiger partial charge in [0.05, 0.1) is 17.7 Å². The van der Waals surface area contributed by atoms with E-state index in [-0.39, 0.29) is 11.3 Å². The fourth-order valence-electron chi connectivity index (χ4n) is 3.22. The summed E-state index contributed by atoms with van der Waals surface area (Å²) in [5.74, 6) is -0.493. The quantitative estimate of drug-likeness (QED) is 0.206. The number of hydrazone groups is 1. The maximum atomic E-state index is 12.3. The molecule has 0 aliphatic rings. The lowest BCUT2D eigenvalue weighted by atomic mass is 10.1. The molecule has 0 radical (unpaired) electrons. The third kappa shape index (κ3) is 5.48. The van der Waals surface area contributed by atoms with Crippen LogP contribution < -0.4 is 5.43 Å². The Labute approximate surface area is 204 Å². The Balaban J connectivity index is 1.56. The van der Waals surface area contributed by atoms with E-state index in [4.69, 9.17) is 23.2 Å². The Bertz CT molecular complexity index is 1370. The molecule has 170 valence electrons. The predicted octanol–water partition coefficient (Wildman–Crippen LogP) is 5.58. The summed E-state index contributed by atoms with van der Waals surface area (Å²) in [6.45, 7) is 0.416. The van der Waals surface area contributed by atoms with Gasteiger partial charge in [0.2, 0.25) is 0 Å². The summed E-state index contributed by atoms with van der Waals surface area (Å²) in [6, 6.07) is 20.1.